The molecular formula is C12H13NO3. The van der Waals surface area contributed by atoms with Crippen molar-refractivity contribution >= 4 is 17.0 Å². The van der Waals surface area contributed by atoms with E-state index in [-0.39, 0.29) is 0 Å². The zero-order valence-corrected chi connectivity index (χ0v) is 9.48. The molecule has 1 aromatic carbocycles. The molecule has 0 aliphatic rings. The molecule has 1 heterocycles. The first kappa shape index (κ1) is 10.5. The third kappa shape index (κ3) is 1.43. The maximum atomic E-state index is 11.6. The Labute approximate surface area is 93.4 Å². The van der Waals surface area contributed by atoms with Crippen LogP contribution in [0.3, 0.4) is 0 Å². The molecule has 2 aromatic rings. The Bertz CT molecular complexity index is 542. The van der Waals surface area contributed by atoms with Crippen LogP contribution < -0.4 is 4.74 Å². The van der Waals surface area contributed by atoms with E-state index in [1.165, 1.54) is 11.7 Å². The summed E-state index contributed by atoms with van der Waals surface area (Å²) < 4.78 is 11.4. The number of benzene rings is 1. The number of carbonyl (C=O) groups is 1. The first-order chi connectivity index (χ1) is 7.69. The van der Waals surface area contributed by atoms with Gasteiger partial charge in [0.25, 0.3) is 0 Å². The van der Waals surface area contributed by atoms with Crippen molar-refractivity contribution in [2.45, 2.75) is 6.92 Å². The monoisotopic (exact) mass is 219 g/mol. The van der Waals surface area contributed by atoms with Gasteiger partial charge in [-0.2, -0.15) is 0 Å². The number of ether oxygens (including phenoxy) is 2. The number of aryl methyl sites for hydroxylation is 1. The molecular weight excluding hydrogens is 206 g/mol. The van der Waals surface area contributed by atoms with Crippen LogP contribution in [0.2, 0.25) is 0 Å². The van der Waals surface area contributed by atoms with Gasteiger partial charge >= 0.3 is 6.09 Å². The minimum Gasteiger partial charge on any atom is -0.495 e. The summed E-state index contributed by atoms with van der Waals surface area (Å²) in [6.45, 7) is 1.95. The molecule has 0 spiro atoms. The molecule has 4 nitrogen and oxygen atoms in total. The topological polar surface area (TPSA) is 40.5 Å². The Hall–Kier alpha value is -1.97. The van der Waals surface area contributed by atoms with Crippen LogP contribution in [0.4, 0.5) is 4.79 Å². The van der Waals surface area contributed by atoms with E-state index in [1.807, 2.05) is 25.1 Å². The predicted molar refractivity (Wildman–Crippen MR) is 61.0 cm³/mol. The first-order valence-electron chi connectivity index (χ1n) is 4.92. The SMILES string of the molecule is COC(=O)n1cc(C)c2cccc(OC)c21. The second kappa shape index (κ2) is 3.89. The Morgan fingerprint density at radius 3 is 2.69 bits per heavy atom. The zero-order valence-electron chi connectivity index (χ0n) is 9.48. The van der Waals surface area contributed by atoms with E-state index in [0.29, 0.717) is 5.75 Å². The predicted octanol–water partition coefficient (Wildman–Crippen LogP) is 2.57. The number of methoxy groups -OCH3 is 2. The van der Waals surface area contributed by atoms with E-state index in [4.69, 9.17) is 9.47 Å². The number of para-hydroxylation sites is 1. The number of aromatic nitrogens is 1. The van der Waals surface area contributed by atoms with E-state index in [0.717, 1.165) is 16.5 Å². The lowest BCUT2D eigenvalue weighted by Crippen LogP contribution is -2.10. The van der Waals surface area contributed by atoms with Crippen LogP contribution in [-0.4, -0.2) is 24.9 Å². The van der Waals surface area contributed by atoms with Crippen LogP contribution in [0.1, 0.15) is 5.56 Å². The van der Waals surface area contributed by atoms with Gasteiger partial charge < -0.3 is 9.47 Å². The minimum atomic E-state index is -0.414. The summed E-state index contributed by atoms with van der Waals surface area (Å²) in [4.78, 5) is 11.6. The third-order valence-electron chi connectivity index (χ3n) is 2.58. The smallest absolute Gasteiger partial charge is 0.418 e. The maximum Gasteiger partial charge on any atom is 0.418 e. The quantitative estimate of drug-likeness (QED) is 0.740. The molecule has 0 saturated carbocycles. The van der Waals surface area contributed by atoms with Crippen LogP contribution >= 0.6 is 0 Å². The zero-order chi connectivity index (χ0) is 11.7. The van der Waals surface area contributed by atoms with Gasteiger partial charge in [0.15, 0.2) is 0 Å². The average molecular weight is 219 g/mol. The molecule has 84 valence electrons. The third-order valence-corrected chi connectivity index (χ3v) is 2.58. The van der Waals surface area contributed by atoms with Crippen LogP contribution in [0, 0.1) is 6.92 Å². The summed E-state index contributed by atoms with van der Waals surface area (Å²) in [5.74, 6) is 0.663. The van der Waals surface area contributed by atoms with Gasteiger partial charge in [-0.1, -0.05) is 12.1 Å². The lowest BCUT2D eigenvalue weighted by atomic mass is 10.2. The van der Waals surface area contributed by atoms with Crippen LogP contribution in [-0.2, 0) is 4.74 Å². The highest BCUT2D eigenvalue weighted by molar-refractivity contribution is 5.95. The van der Waals surface area contributed by atoms with Gasteiger partial charge in [0.05, 0.1) is 14.2 Å². The number of hydrogen-bond acceptors (Lipinski definition) is 3. The Balaban J connectivity index is 2.79. The van der Waals surface area contributed by atoms with Gasteiger partial charge in [0.2, 0.25) is 0 Å². The summed E-state index contributed by atoms with van der Waals surface area (Å²) in [5, 5.41) is 0.991. The normalized spacial score (nSPS) is 10.4. The van der Waals surface area contributed by atoms with Crippen molar-refractivity contribution in [3.63, 3.8) is 0 Å². The Kier molecular flexibility index (Phi) is 2.56. The molecule has 0 radical (unpaired) electrons. The van der Waals surface area contributed by atoms with Crippen molar-refractivity contribution in [3.8, 4) is 5.75 Å². The molecule has 1 aromatic heterocycles. The Morgan fingerprint density at radius 1 is 1.31 bits per heavy atom. The summed E-state index contributed by atoms with van der Waals surface area (Å²) in [5.41, 5.74) is 1.76. The maximum absolute atomic E-state index is 11.6. The van der Waals surface area contributed by atoms with E-state index in [1.54, 1.807) is 13.3 Å². The van der Waals surface area contributed by atoms with Gasteiger partial charge in [-0.3, -0.25) is 0 Å². The lowest BCUT2D eigenvalue weighted by Gasteiger charge is -2.06. The molecule has 0 fully saturated rings. The largest absolute Gasteiger partial charge is 0.495 e. The lowest BCUT2D eigenvalue weighted by molar-refractivity contribution is 0.174. The van der Waals surface area contributed by atoms with Gasteiger partial charge in [0.1, 0.15) is 11.3 Å². The molecule has 4 heteroatoms. The molecule has 2 rings (SSSR count). The highest BCUT2D eigenvalue weighted by Crippen LogP contribution is 2.29. The molecule has 0 N–H and O–H groups in total. The minimum absolute atomic E-state index is 0.414. The highest BCUT2D eigenvalue weighted by atomic mass is 16.5. The van der Waals surface area contributed by atoms with Gasteiger partial charge in [0, 0.05) is 11.6 Å². The van der Waals surface area contributed by atoms with Crippen molar-refractivity contribution < 1.29 is 14.3 Å². The van der Waals surface area contributed by atoms with Gasteiger partial charge in [-0.15, -0.1) is 0 Å². The van der Waals surface area contributed by atoms with Crippen molar-refractivity contribution in [2.24, 2.45) is 0 Å². The molecule has 0 bridgehead atoms. The fraction of sp³-hybridized carbons (Fsp3) is 0.250. The molecule has 0 saturated heterocycles. The average Bonchev–Trinajstić information content (AvgIpc) is 2.66. The Morgan fingerprint density at radius 2 is 2.06 bits per heavy atom. The van der Waals surface area contributed by atoms with Crippen molar-refractivity contribution in [1.82, 2.24) is 4.57 Å². The number of rotatable bonds is 1. The van der Waals surface area contributed by atoms with E-state index < -0.39 is 6.09 Å². The van der Waals surface area contributed by atoms with Crippen LogP contribution in [0.5, 0.6) is 5.75 Å². The number of carbonyl (C=O) groups excluding carboxylic acids is 1. The fourth-order valence-electron chi connectivity index (χ4n) is 1.82. The molecule has 0 aliphatic heterocycles. The van der Waals surface area contributed by atoms with Gasteiger partial charge in [-0.25, -0.2) is 9.36 Å². The molecule has 0 unspecified atom stereocenters. The number of hydrogen-bond donors (Lipinski definition) is 0. The first-order valence-corrected chi connectivity index (χ1v) is 4.92. The summed E-state index contributed by atoms with van der Waals surface area (Å²) in [7, 11) is 2.94. The van der Waals surface area contributed by atoms with Crippen molar-refractivity contribution in [3.05, 3.63) is 30.0 Å². The van der Waals surface area contributed by atoms with Crippen molar-refractivity contribution in [2.75, 3.05) is 14.2 Å². The van der Waals surface area contributed by atoms with Crippen LogP contribution in [0.15, 0.2) is 24.4 Å². The standard InChI is InChI=1S/C12H13NO3/c1-8-7-13(12(14)16-3)11-9(8)5-4-6-10(11)15-2/h4-7H,1-3H3. The van der Waals surface area contributed by atoms with Gasteiger partial charge in [-0.05, 0) is 18.6 Å². The number of fused-ring (bicyclic) bond motifs is 1. The second-order valence-corrected chi connectivity index (χ2v) is 3.51. The van der Waals surface area contributed by atoms with E-state index >= 15 is 0 Å². The molecule has 16 heavy (non-hydrogen) atoms. The summed E-state index contributed by atoms with van der Waals surface area (Å²) in [6, 6.07) is 5.67. The van der Waals surface area contributed by atoms with Crippen LogP contribution in [0.25, 0.3) is 10.9 Å². The fourth-order valence-corrected chi connectivity index (χ4v) is 1.82. The highest BCUT2D eigenvalue weighted by Gasteiger charge is 2.15. The molecule has 0 amide bonds. The number of nitrogens with zero attached hydrogens (tertiary/aromatic N) is 1. The molecule has 0 aliphatic carbocycles. The summed E-state index contributed by atoms with van der Waals surface area (Å²) in [6.07, 6.45) is 1.33. The summed E-state index contributed by atoms with van der Waals surface area (Å²) >= 11 is 0. The van der Waals surface area contributed by atoms with Crippen molar-refractivity contribution in [1.29, 1.82) is 0 Å². The second-order valence-electron chi connectivity index (χ2n) is 3.51. The molecule has 0 atom stereocenters. The van der Waals surface area contributed by atoms with E-state index in [2.05, 4.69) is 0 Å². The van der Waals surface area contributed by atoms with E-state index in [9.17, 15) is 4.79 Å².